The molecule has 3 rings (SSSR count). The number of carbonyl (C=O) groups excluding carboxylic acids is 1. The van der Waals surface area contributed by atoms with Gasteiger partial charge in [0, 0.05) is 11.3 Å². The number of carbonyl (C=O) groups is 1. The highest BCUT2D eigenvalue weighted by atomic mass is 16.5. The molecule has 3 aromatic carbocycles. The van der Waals surface area contributed by atoms with Crippen molar-refractivity contribution in [2.45, 2.75) is 13.0 Å². The SMILES string of the molecule is N#CCc1ccc(NC(=O)c2ccc(OCc3ccccc3)cc2)cc1. The molecule has 0 atom stereocenters. The zero-order valence-corrected chi connectivity index (χ0v) is 14.2. The lowest BCUT2D eigenvalue weighted by Crippen LogP contribution is -2.11. The number of benzene rings is 3. The van der Waals surface area contributed by atoms with Crippen LogP contribution in [0.4, 0.5) is 5.69 Å². The minimum absolute atomic E-state index is 0.187. The van der Waals surface area contributed by atoms with Crippen molar-refractivity contribution in [1.82, 2.24) is 0 Å². The summed E-state index contributed by atoms with van der Waals surface area (Å²) in [6.45, 7) is 0.488. The summed E-state index contributed by atoms with van der Waals surface area (Å²) >= 11 is 0. The van der Waals surface area contributed by atoms with Gasteiger partial charge in [0.2, 0.25) is 0 Å². The first-order valence-electron chi connectivity index (χ1n) is 8.28. The molecule has 0 fully saturated rings. The maximum absolute atomic E-state index is 12.3. The monoisotopic (exact) mass is 342 g/mol. The van der Waals surface area contributed by atoms with Crippen LogP contribution in [0, 0.1) is 11.3 Å². The molecule has 0 unspecified atom stereocenters. The van der Waals surface area contributed by atoms with Crippen LogP contribution >= 0.6 is 0 Å². The van der Waals surface area contributed by atoms with E-state index in [4.69, 9.17) is 10.00 Å². The molecule has 0 saturated carbocycles. The predicted molar refractivity (Wildman–Crippen MR) is 101 cm³/mol. The average molecular weight is 342 g/mol. The zero-order chi connectivity index (χ0) is 18.2. The largest absolute Gasteiger partial charge is 0.489 e. The fourth-order valence-corrected chi connectivity index (χ4v) is 2.44. The summed E-state index contributed by atoms with van der Waals surface area (Å²) in [5.41, 5.74) is 3.26. The van der Waals surface area contributed by atoms with E-state index in [0.717, 1.165) is 11.1 Å². The average Bonchev–Trinajstić information content (AvgIpc) is 2.69. The van der Waals surface area contributed by atoms with Crippen molar-refractivity contribution in [3.8, 4) is 11.8 Å². The number of nitrogens with one attached hydrogen (secondary N) is 1. The number of ether oxygens (including phenoxy) is 1. The number of hydrogen-bond donors (Lipinski definition) is 1. The van der Waals surface area contributed by atoms with Crippen molar-refractivity contribution in [2.24, 2.45) is 0 Å². The van der Waals surface area contributed by atoms with Crippen LogP contribution in [0.2, 0.25) is 0 Å². The van der Waals surface area contributed by atoms with Gasteiger partial charge in [-0.3, -0.25) is 4.79 Å². The standard InChI is InChI=1S/C22H18N2O2/c23-15-14-17-6-10-20(11-7-17)24-22(25)19-8-12-21(13-9-19)26-16-18-4-2-1-3-5-18/h1-13H,14,16H2,(H,24,25). The Balaban J connectivity index is 1.57. The van der Waals surface area contributed by atoms with Crippen molar-refractivity contribution < 1.29 is 9.53 Å². The predicted octanol–water partition coefficient (Wildman–Crippen LogP) is 4.58. The van der Waals surface area contributed by atoms with Gasteiger partial charge < -0.3 is 10.1 Å². The van der Waals surface area contributed by atoms with Crippen LogP contribution in [0.15, 0.2) is 78.9 Å². The Bertz CT molecular complexity index is 896. The summed E-state index contributed by atoms with van der Waals surface area (Å²) in [4.78, 5) is 12.3. The van der Waals surface area contributed by atoms with Crippen molar-refractivity contribution in [2.75, 3.05) is 5.32 Å². The number of nitrogens with zero attached hydrogens (tertiary/aromatic N) is 1. The first kappa shape index (κ1) is 17.2. The van der Waals surface area contributed by atoms with Gasteiger partial charge in [0.1, 0.15) is 12.4 Å². The van der Waals surface area contributed by atoms with Crippen molar-refractivity contribution >= 4 is 11.6 Å². The van der Waals surface area contributed by atoms with Crippen LogP contribution in [-0.4, -0.2) is 5.91 Å². The fourth-order valence-electron chi connectivity index (χ4n) is 2.44. The highest BCUT2D eigenvalue weighted by Gasteiger charge is 2.06. The second-order valence-corrected chi connectivity index (χ2v) is 5.78. The molecule has 0 saturated heterocycles. The van der Waals surface area contributed by atoms with E-state index in [0.29, 0.717) is 30.0 Å². The molecular formula is C22H18N2O2. The molecule has 1 amide bonds. The number of amides is 1. The molecule has 0 aliphatic heterocycles. The van der Waals surface area contributed by atoms with Gasteiger partial charge >= 0.3 is 0 Å². The molecule has 4 heteroatoms. The van der Waals surface area contributed by atoms with E-state index in [1.54, 1.807) is 36.4 Å². The summed E-state index contributed by atoms with van der Waals surface area (Å²) in [6, 6.07) is 26.3. The third kappa shape index (κ3) is 4.71. The van der Waals surface area contributed by atoms with Gasteiger partial charge in [-0.1, -0.05) is 42.5 Å². The van der Waals surface area contributed by atoms with E-state index < -0.39 is 0 Å². The topological polar surface area (TPSA) is 62.1 Å². The molecule has 128 valence electrons. The highest BCUT2D eigenvalue weighted by Crippen LogP contribution is 2.16. The Hall–Kier alpha value is -3.58. The maximum Gasteiger partial charge on any atom is 0.255 e. The third-order valence-electron chi connectivity index (χ3n) is 3.86. The molecule has 0 aliphatic rings. The number of anilines is 1. The lowest BCUT2D eigenvalue weighted by molar-refractivity contribution is 0.102. The molecule has 0 aliphatic carbocycles. The van der Waals surface area contributed by atoms with Gasteiger partial charge in [-0.2, -0.15) is 5.26 Å². The summed E-state index contributed by atoms with van der Waals surface area (Å²) < 4.78 is 5.72. The minimum Gasteiger partial charge on any atom is -0.489 e. The summed E-state index contributed by atoms with van der Waals surface area (Å²) in [5, 5.41) is 11.5. The molecule has 1 N–H and O–H groups in total. The Morgan fingerprint density at radius 1 is 0.885 bits per heavy atom. The van der Waals surface area contributed by atoms with Crippen LogP contribution in [0.1, 0.15) is 21.5 Å². The van der Waals surface area contributed by atoms with Gasteiger partial charge in [0.05, 0.1) is 12.5 Å². The van der Waals surface area contributed by atoms with E-state index in [-0.39, 0.29) is 5.91 Å². The van der Waals surface area contributed by atoms with Crippen molar-refractivity contribution in [3.05, 3.63) is 95.6 Å². The molecule has 3 aromatic rings. The highest BCUT2D eigenvalue weighted by molar-refractivity contribution is 6.04. The lowest BCUT2D eigenvalue weighted by Gasteiger charge is -2.08. The maximum atomic E-state index is 12.3. The Kier molecular flexibility index (Phi) is 5.64. The smallest absolute Gasteiger partial charge is 0.255 e. The van der Waals surface area contributed by atoms with Gasteiger partial charge in [0.15, 0.2) is 0 Å². The van der Waals surface area contributed by atoms with Gasteiger partial charge in [-0.25, -0.2) is 0 Å². The molecule has 0 aromatic heterocycles. The minimum atomic E-state index is -0.187. The zero-order valence-electron chi connectivity index (χ0n) is 14.2. The number of nitriles is 1. The molecular weight excluding hydrogens is 324 g/mol. The van der Waals surface area contributed by atoms with E-state index in [9.17, 15) is 4.79 Å². The van der Waals surface area contributed by atoms with E-state index in [1.807, 2.05) is 42.5 Å². The molecule has 0 radical (unpaired) electrons. The Morgan fingerprint density at radius 3 is 2.23 bits per heavy atom. The summed E-state index contributed by atoms with van der Waals surface area (Å²) in [5.74, 6) is 0.527. The molecule has 0 heterocycles. The normalized spacial score (nSPS) is 9.96. The van der Waals surface area contributed by atoms with Gasteiger partial charge in [0.25, 0.3) is 5.91 Å². The lowest BCUT2D eigenvalue weighted by atomic mass is 10.1. The van der Waals surface area contributed by atoms with Crippen molar-refractivity contribution in [1.29, 1.82) is 5.26 Å². The molecule has 0 bridgehead atoms. The summed E-state index contributed by atoms with van der Waals surface area (Å²) in [7, 11) is 0. The van der Waals surface area contributed by atoms with Gasteiger partial charge in [-0.15, -0.1) is 0 Å². The first-order chi connectivity index (χ1) is 12.7. The molecule has 26 heavy (non-hydrogen) atoms. The second kappa shape index (κ2) is 8.50. The Morgan fingerprint density at radius 2 is 1.58 bits per heavy atom. The molecule has 4 nitrogen and oxygen atoms in total. The van der Waals surface area contributed by atoms with Crippen LogP contribution in [0.5, 0.6) is 5.75 Å². The summed E-state index contributed by atoms with van der Waals surface area (Å²) in [6.07, 6.45) is 0.360. The van der Waals surface area contributed by atoms with Crippen LogP contribution in [-0.2, 0) is 13.0 Å². The van der Waals surface area contributed by atoms with Crippen molar-refractivity contribution in [3.63, 3.8) is 0 Å². The number of rotatable bonds is 6. The first-order valence-corrected chi connectivity index (χ1v) is 8.28. The van der Waals surface area contributed by atoms with E-state index in [1.165, 1.54) is 0 Å². The second-order valence-electron chi connectivity index (χ2n) is 5.78. The molecule has 0 spiro atoms. The quantitative estimate of drug-likeness (QED) is 0.713. The third-order valence-corrected chi connectivity index (χ3v) is 3.86. The van der Waals surface area contributed by atoms with E-state index >= 15 is 0 Å². The van der Waals surface area contributed by atoms with Gasteiger partial charge in [-0.05, 0) is 47.5 Å². The van der Waals surface area contributed by atoms with E-state index in [2.05, 4.69) is 11.4 Å². The van der Waals surface area contributed by atoms with Crippen LogP contribution in [0.3, 0.4) is 0 Å². The number of hydrogen-bond acceptors (Lipinski definition) is 3. The Labute approximate surface area is 152 Å². The van der Waals surface area contributed by atoms with Crippen LogP contribution < -0.4 is 10.1 Å². The van der Waals surface area contributed by atoms with Crippen LogP contribution in [0.25, 0.3) is 0 Å². The fraction of sp³-hybridized carbons (Fsp3) is 0.0909.